The zero-order valence-electron chi connectivity index (χ0n) is 21.2. The van der Waals surface area contributed by atoms with Gasteiger partial charge in [0, 0.05) is 24.5 Å². The summed E-state index contributed by atoms with van der Waals surface area (Å²) in [5, 5.41) is 11.4. The van der Waals surface area contributed by atoms with Gasteiger partial charge in [-0.2, -0.15) is 0 Å². The molecule has 2 aromatic carbocycles. The average molecular weight is 485 g/mol. The summed E-state index contributed by atoms with van der Waals surface area (Å²) >= 11 is 0. The fourth-order valence-electron chi connectivity index (χ4n) is 4.47. The first-order chi connectivity index (χ1) is 17.3. The molecule has 2 heterocycles. The number of rotatable bonds is 8. The quantitative estimate of drug-likeness (QED) is 0.244. The Morgan fingerprint density at radius 3 is 2.47 bits per heavy atom. The summed E-state index contributed by atoms with van der Waals surface area (Å²) in [6, 6.07) is 16.1. The van der Waals surface area contributed by atoms with Gasteiger partial charge >= 0.3 is 0 Å². The maximum atomic E-state index is 13.3. The molecule has 6 nitrogen and oxygen atoms in total. The van der Waals surface area contributed by atoms with Crippen LogP contribution in [0.4, 0.5) is 0 Å². The lowest BCUT2D eigenvalue weighted by atomic mass is 9.93. The number of Topliss-reactive ketones (excluding diaryl/α,β-unsaturated/α-hetero) is 1. The van der Waals surface area contributed by atoms with Gasteiger partial charge in [0.25, 0.3) is 11.7 Å². The largest absolute Gasteiger partial charge is 0.507 e. The Balaban J connectivity index is 1.81. The Bertz CT molecular complexity index is 1280. The number of hydrogen-bond acceptors (Lipinski definition) is 5. The van der Waals surface area contributed by atoms with E-state index < -0.39 is 17.7 Å². The van der Waals surface area contributed by atoms with Crippen LogP contribution < -0.4 is 4.74 Å². The number of carbonyl (C=O) groups excluding carboxylic acids is 2. The fourth-order valence-corrected chi connectivity index (χ4v) is 4.47. The molecule has 0 radical (unpaired) electrons. The van der Waals surface area contributed by atoms with Crippen LogP contribution in [0.3, 0.4) is 0 Å². The monoisotopic (exact) mass is 484 g/mol. The van der Waals surface area contributed by atoms with E-state index in [1.807, 2.05) is 44.2 Å². The van der Waals surface area contributed by atoms with E-state index in [1.54, 1.807) is 36.7 Å². The van der Waals surface area contributed by atoms with Crippen LogP contribution in [0, 0.1) is 6.92 Å². The van der Waals surface area contributed by atoms with Crippen molar-refractivity contribution in [3.63, 3.8) is 0 Å². The third-order valence-electron chi connectivity index (χ3n) is 6.44. The van der Waals surface area contributed by atoms with Crippen LogP contribution in [0.5, 0.6) is 5.75 Å². The molecule has 6 heteroatoms. The lowest BCUT2D eigenvalue weighted by molar-refractivity contribution is -0.140. The number of ether oxygens (including phenoxy) is 1. The zero-order valence-corrected chi connectivity index (χ0v) is 21.2. The van der Waals surface area contributed by atoms with Gasteiger partial charge in [-0.25, -0.2) is 0 Å². The molecular weight excluding hydrogens is 452 g/mol. The molecule has 36 heavy (non-hydrogen) atoms. The van der Waals surface area contributed by atoms with Crippen molar-refractivity contribution in [1.29, 1.82) is 0 Å². The van der Waals surface area contributed by atoms with Gasteiger partial charge in [-0.15, -0.1) is 0 Å². The molecule has 0 aliphatic carbocycles. The van der Waals surface area contributed by atoms with E-state index in [2.05, 4.69) is 18.8 Å². The van der Waals surface area contributed by atoms with E-state index >= 15 is 0 Å². The minimum absolute atomic E-state index is 0.0859. The summed E-state index contributed by atoms with van der Waals surface area (Å²) in [4.78, 5) is 32.2. The molecule has 1 aromatic heterocycles. The van der Waals surface area contributed by atoms with Crippen LogP contribution in [0.2, 0.25) is 0 Å². The number of likely N-dealkylation sites (tertiary alicyclic amines) is 1. The minimum Gasteiger partial charge on any atom is -0.507 e. The van der Waals surface area contributed by atoms with Gasteiger partial charge in [0.1, 0.15) is 11.5 Å². The van der Waals surface area contributed by atoms with Crippen LogP contribution >= 0.6 is 0 Å². The van der Waals surface area contributed by atoms with Crippen LogP contribution in [-0.2, 0) is 16.1 Å². The summed E-state index contributed by atoms with van der Waals surface area (Å²) in [5.74, 6) is -0.454. The second kappa shape index (κ2) is 10.8. The van der Waals surface area contributed by atoms with Crippen molar-refractivity contribution in [3.05, 3.63) is 100 Å². The van der Waals surface area contributed by atoms with Gasteiger partial charge in [-0.05, 0) is 65.8 Å². The summed E-state index contributed by atoms with van der Waals surface area (Å²) in [7, 11) is 0. The molecule has 1 unspecified atom stereocenters. The van der Waals surface area contributed by atoms with Crippen molar-refractivity contribution in [2.24, 2.45) is 0 Å². The smallest absolute Gasteiger partial charge is 0.295 e. The Morgan fingerprint density at radius 2 is 1.86 bits per heavy atom. The maximum absolute atomic E-state index is 13.3. The molecule has 186 valence electrons. The predicted octanol–water partition coefficient (Wildman–Crippen LogP) is 5.92. The van der Waals surface area contributed by atoms with E-state index in [4.69, 9.17) is 4.74 Å². The number of hydrogen-bond donors (Lipinski definition) is 1. The molecule has 1 amide bonds. The number of aromatic nitrogens is 1. The van der Waals surface area contributed by atoms with Crippen molar-refractivity contribution in [2.75, 3.05) is 6.61 Å². The van der Waals surface area contributed by atoms with Crippen molar-refractivity contribution < 1.29 is 19.4 Å². The first kappa shape index (κ1) is 25.2. The highest BCUT2D eigenvalue weighted by atomic mass is 16.5. The Hall–Kier alpha value is -3.93. The van der Waals surface area contributed by atoms with Gasteiger partial charge < -0.3 is 14.7 Å². The fraction of sp³-hybridized carbons (Fsp3) is 0.300. The van der Waals surface area contributed by atoms with E-state index in [0.717, 1.165) is 34.4 Å². The molecule has 1 aliphatic heterocycles. The van der Waals surface area contributed by atoms with Gasteiger partial charge in [0.15, 0.2) is 0 Å². The molecule has 3 aromatic rings. The van der Waals surface area contributed by atoms with Crippen molar-refractivity contribution >= 4 is 17.4 Å². The van der Waals surface area contributed by atoms with Crippen LogP contribution in [-0.4, -0.2) is 33.3 Å². The number of aryl methyl sites for hydroxylation is 1. The molecule has 0 saturated carbocycles. The van der Waals surface area contributed by atoms with Gasteiger partial charge in [-0.1, -0.05) is 51.1 Å². The highest BCUT2D eigenvalue weighted by Crippen LogP contribution is 2.41. The van der Waals surface area contributed by atoms with E-state index in [-0.39, 0.29) is 17.9 Å². The zero-order chi connectivity index (χ0) is 25.8. The number of aliphatic hydroxyl groups excluding tert-OH is 1. The molecule has 0 spiro atoms. The van der Waals surface area contributed by atoms with Crippen LogP contribution in [0.1, 0.15) is 67.0 Å². The molecule has 1 aliphatic rings. The lowest BCUT2D eigenvalue weighted by Crippen LogP contribution is -2.29. The second-order valence-electron chi connectivity index (χ2n) is 9.44. The normalized spacial score (nSPS) is 17.1. The van der Waals surface area contributed by atoms with Crippen molar-refractivity contribution in [1.82, 2.24) is 9.88 Å². The van der Waals surface area contributed by atoms with Crippen LogP contribution in [0.15, 0.2) is 72.6 Å². The number of nitrogens with zero attached hydrogens (tertiary/aromatic N) is 2. The second-order valence-corrected chi connectivity index (χ2v) is 9.44. The first-order valence-corrected chi connectivity index (χ1v) is 12.3. The number of benzene rings is 2. The molecule has 0 bridgehead atoms. The number of amides is 1. The molecule has 1 N–H and O–H groups in total. The van der Waals surface area contributed by atoms with E-state index in [1.165, 1.54) is 4.90 Å². The van der Waals surface area contributed by atoms with Gasteiger partial charge in [0.2, 0.25) is 0 Å². The summed E-state index contributed by atoms with van der Waals surface area (Å²) in [6.07, 6.45) is 4.23. The Morgan fingerprint density at radius 1 is 1.11 bits per heavy atom. The van der Waals surface area contributed by atoms with Crippen molar-refractivity contribution in [2.45, 2.75) is 52.6 Å². The number of aliphatic hydroxyl groups is 1. The first-order valence-electron chi connectivity index (χ1n) is 12.3. The summed E-state index contributed by atoms with van der Waals surface area (Å²) in [5.41, 5.74) is 4.12. The Labute approximate surface area is 212 Å². The topological polar surface area (TPSA) is 79.7 Å². The minimum atomic E-state index is -0.720. The average Bonchev–Trinajstić information content (AvgIpc) is 3.13. The third-order valence-corrected chi connectivity index (χ3v) is 6.44. The molecule has 1 saturated heterocycles. The van der Waals surface area contributed by atoms with Crippen molar-refractivity contribution in [3.8, 4) is 5.75 Å². The Kier molecular flexibility index (Phi) is 7.53. The molecule has 4 rings (SSSR count). The highest BCUT2D eigenvalue weighted by Gasteiger charge is 2.46. The predicted molar refractivity (Wildman–Crippen MR) is 140 cm³/mol. The standard InChI is InChI=1S/C30H32N2O4/c1-5-15-36-25-13-12-24(16-20(25)4)28(33)26-27(23-10-8-22(9-11-23)19(2)3)32(30(35)29(26)34)18-21-7-6-14-31-17-21/h6-14,16-17,19,27,33H,5,15,18H2,1-4H3/b28-26-. The van der Waals surface area contributed by atoms with Crippen LogP contribution in [0.25, 0.3) is 5.76 Å². The summed E-state index contributed by atoms with van der Waals surface area (Å²) in [6.45, 7) is 8.95. The maximum Gasteiger partial charge on any atom is 0.295 e. The molecular formula is C30H32N2O4. The van der Waals surface area contributed by atoms with Gasteiger partial charge in [0.05, 0.1) is 18.2 Å². The molecule has 1 atom stereocenters. The van der Waals surface area contributed by atoms with Gasteiger partial charge in [-0.3, -0.25) is 14.6 Å². The number of pyridine rings is 1. The highest BCUT2D eigenvalue weighted by molar-refractivity contribution is 6.46. The SMILES string of the molecule is CCCOc1ccc(/C(O)=C2/C(=O)C(=O)N(Cc3cccnc3)C2c2ccc(C(C)C)cc2)cc1C. The van der Waals surface area contributed by atoms with E-state index in [9.17, 15) is 14.7 Å². The summed E-state index contributed by atoms with van der Waals surface area (Å²) < 4.78 is 5.76. The third kappa shape index (κ3) is 5.03. The molecule has 1 fully saturated rings. The number of ketones is 1. The number of carbonyl (C=O) groups is 2. The van der Waals surface area contributed by atoms with E-state index in [0.29, 0.717) is 18.1 Å². The lowest BCUT2D eigenvalue weighted by Gasteiger charge is -2.25.